The first-order valence-corrected chi connectivity index (χ1v) is 7.55. The number of nitrogens with zero attached hydrogens (tertiary/aromatic N) is 1. The van der Waals surface area contributed by atoms with Crippen molar-refractivity contribution in [1.82, 2.24) is 10.2 Å². The van der Waals surface area contributed by atoms with E-state index in [1.54, 1.807) is 0 Å². The Morgan fingerprint density at radius 2 is 2.27 bits per heavy atom. The molecular formula is C16H22F2N2O2. The molecule has 0 heterocycles. The van der Waals surface area contributed by atoms with Gasteiger partial charge in [-0.1, -0.05) is 23.8 Å². The Bertz CT molecular complexity index is 523. The number of hydrogen-bond donors (Lipinski definition) is 2. The number of rotatable bonds is 5. The van der Waals surface area contributed by atoms with Crippen LogP contribution in [-0.4, -0.2) is 42.2 Å². The minimum atomic E-state index is -2.61. The van der Waals surface area contributed by atoms with Crippen LogP contribution in [-0.2, 0) is 6.42 Å². The second-order valence-corrected chi connectivity index (χ2v) is 5.66. The molecule has 1 aliphatic rings. The number of benzene rings is 1. The predicted octanol–water partition coefficient (Wildman–Crippen LogP) is 2.64. The molecule has 0 aromatic heterocycles. The lowest BCUT2D eigenvalue weighted by atomic mass is 9.87. The second kappa shape index (κ2) is 7.54. The maximum absolute atomic E-state index is 12.5. The van der Waals surface area contributed by atoms with E-state index in [4.69, 9.17) is 5.11 Å². The number of aliphatic hydroxyl groups is 1. The molecular weight excluding hydrogens is 290 g/mol. The normalized spacial score (nSPS) is 17.2. The van der Waals surface area contributed by atoms with Crippen molar-refractivity contribution in [3.8, 4) is 0 Å². The third kappa shape index (κ3) is 4.16. The smallest absolute Gasteiger partial charge is 0.318 e. The minimum Gasteiger partial charge on any atom is -0.395 e. The Hall–Kier alpha value is -1.69. The van der Waals surface area contributed by atoms with Crippen molar-refractivity contribution in [3.63, 3.8) is 0 Å². The Morgan fingerprint density at radius 3 is 2.95 bits per heavy atom. The number of carbonyl (C=O) groups is 1. The van der Waals surface area contributed by atoms with Crippen molar-refractivity contribution in [2.24, 2.45) is 0 Å². The van der Waals surface area contributed by atoms with Crippen molar-refractivity contribution in [3.05, 3.63) is 34.9 Å². The lowest BCUT2D eigenvalue weighted by molar-refractivity contribution is 0.0891. The Morgan fingerprint density at radius 1 is 1.50 bits per heavy atom. The highest BCUT2D eigenvalue weighted by Gasteiger charge is 2.25. The van der Waals surface area contributed by atoms with E-state index in [1.807, 2.05) is 19.1 Å². The molecule has 4 nitrogen and oxygen atoms in total. The van der Waals surface area contributed by atoms with Crippen LogP contribution in [0, 0.1) is 6.92 Å². The molecule has 1 aromatic rings. The molecule has 1 aliphatic carbocycles. The van der Waals surface area contributed by atoms with Gasteiger partial charge < -0.3 is 15.3 Å². The molecule has 1 atom stereocenters. The number of amides is 2. The zero-order valence-corrected chi connectivity index (χ0v) is 12.7. The molecule has 122 valence electrons. The van der Waals surface area contributed by atoms with Crippen LogP contribution < -0.4 is 5.32 Å². The van der Waals surface area contributed by atoms with Gasteiger partial charge in [0, 0.05) is 6.54 Å². The van der Waals surface area contributed by atoms with Gasteiger partial charge in [-0.3, -0.25) is 0 Å². The highest BCUT2D eigenvalue weighted by atomic mass is 19.3. The first-order valence-electron chi connectivity index (χ1n) is 7.55. The van der Waals surface area contributed by atoms with Gasteiger partial charge in [0.1, 0.15) is 0 Å². The average Bonchev–Trinajstić information content (AvgIpc) is 2.47. The minimum absolute atomic E-state index is 0.0937. The van der Waals surface area contributed by atoms with Gasteiger partial charge in [-0.2, -0.15) is 0 Å². The Labute approximate surface area is 129 Å². The quantitative estimate of drug-likeness (QED) is 0.878. The second-order valence-electron chi connectivity index (χ2n) is 5.66. The molecule has 0 radical (unpaired) electrons. The summed E-state index contributed by atoms with van der Waals surface area (Å²) in [6.45, 7) is 0.895. The maximum atomic E-state index is 12.5. The summed E-state index contributed by atoms with van der Waals surface area (Å²) in [4.78, 5) is 13.2. The number of carbonyl (C=O) groups excluding carboxylic acids is 1. The van der Waals surface area contributed by atoms with Gasteiger partial charge in [-0.25, -0.2) is 13.6 Å². The number of aryl methyl sites for hydroxylation is 2. The summed E-state index contributed by atoms with van der Waals surface area (Å²) in [6.07, 6.45) is 0.109. The topological polar surface area (TPSA) is 52.6 Å². The van der Waals surface area contributed by atoms with Gasteiger partial charge in [0.05, 0.1) is 19.2 Å². The largest absolute Gasteiger partial charge is 0.395 e. The molecule has 0 unspecified atom stereocenters. The van der Waals surface area contributed by atoms with Gasteiger partial charge >= 0.3 is 6.03 Å². The lowest BCUT2D eigenvalue weighted by Gasteiger charge is -2.30. The molecule has 0 saturated heterocycles. The molecule has 0 aliphatic heterocycles. The van der Waals surface area contributed by atoms with Crippen molar-refractivity contribution in [1.29, 1.82) is 0 Å². The first kappa shape index (κ1) is 16.7. The van der Waals surface area contributed by atoms with Gasteiger partial charge in [0.25, 0.3) is 6.43 Å². The van der Waals surface area contributed by atoms with Crippen LogP contribution in [0.1, 0.15) is 35.6 Å². The molecule has 2 N–H and O–H groups in total. The molecule has 0 spiro atoms. The number of urea groups is 1. The fourth-order valence-electron chi connectivity index (χ4n) is 2.87. The molecule has 2 rings (SSSR count). The van der Waals surface area contributed by atoms with Crippen LogP contribution >= 0.6 is 0 Å². The van der Waals surface area contributed by atoms with Crippen LogP contribution in [0.4, 0.5) is 13.6 Å². The van der Waals surface area contributed by atoms with Crippen molar-refractivity contribution in [2.45, 2.75) is 38.7 Å². The van der Waals surface area contributed by atoms with Crippen LogP contribution in [0.2, 0.25) is 0 Å². The summed E-state index contributed by atoms with van der Waals surface area (Å²) in [7, 11) is 0. The molecule has 6 heteroatoms. The van der Waals surface area contributed by atoms with E-state index in [9.17, 15) is 13.6 Å². The SMILES string of the molecule is Cc1ccc2c(c1)[C@@H](NC(=O)N(CCO)CC(F)F)CCC2. The zero-order chi connectivity index (χ0) is 16.1. The van der Waals surface area contributed by atoms with Crippen LogP contribution in [0.5, 0.6) is 0 Å². The van der Waals surface area contributed by atoms with Crippen molar-refractivity contribution in [2.75, 3.05) is 19.7 Å². The standard InChI is InChI=1S/C16H22F2N2O2/c1-11-5-6-12-3-2-4-14(13(12)9-11)19-16(22)20(7-8-21)10-15(17)18/h5-6,9,14-15,21H,2-4,7-8,10H2,1H3,(H,19,22)/t14-/m0/s1. The summed E-state index contributed by atoms with van der Waals surface area (Å²) < 4.78 is 25.1. The van der Waals surface area contributed by atoms with Gasteiger partial charge in [0.15, 0.2) is 0 Å². The summed E-state index contributed by atoms with van der Waals surface area (Å²) in [6, 6.07) is 5.44. The van der Waals surface area contributed by atoms with Gasteiger partial charge in [-0.15, -0.1) is 0 Å². The molecule has 0 fully saturated rings. The fraction of sp³-hybridized carbons (Fsp3) is 0.562. The average molecular weight is 312 g/mol. The summed E-state index contributed by atoms with van der Waals surface area (Å²) >= 11 is 0. The number of alkyl halides is 2. The maximum Gasteiger partial charge on any atom is 0.318 e. The van der Waals surface area contributed by atoms with Gasteiger partial charge in [0.2, 0.25) is 0 Å². The predicted molar refractivity (Wildman–Crippen MR) is 80.1 cm³/mol. The van der Waals surface area contributed by atoms with Crippen LogP contribution in [0.3, 0.4) is 0 Å². The number of nitrogens with one attached hydrogen (secondary N) is 1. The summed E-state index contributed by atoms with van der Waals surface area (Å²) in [5.74, 6) is 0. The molecule has 22 heavy (non-hydrogen) atoms. The van der Waals surface area contributed by atoms with E-state index in [0.717, 1.165) is 35.3 Å². The molecule has 0 bridgehead atoms. The third-order valence-corrected chi connectivity index (χ3v) is 3.93. The lowest BCUT2D eigenvalue weighted by Crippen LogP contribution is -2.45. The van der Waals surface area contributed by atoms with Crippen LogP contribution in [0.15, 0.2) is 18.2 Å². The Balaban J connectivity index is 2.10. The van der Waals surface area contributed by atoms with Crippen molar-refractivity contribution < 1.29 is 18.7 Å². The third-order valence-electron chi connectivity index (χ3n) is 3.93. The van der Waals surface area contributed by atoms with E-state index < -0.39 is 19.0 Å². The molecule has 1 aromatic carbocycles. The van der Waals surface area contributed by atoms with E-state index in [-0.39, 0.29) is 19.2 Å². The summed E-state index contributed by atoms with van der Waals surface area (Å²) in [5, 5.41) is 11.8. The number of halogens is 2. The van der Waals surface area contributed by atoms with E-state index >= 15 is 0 Å². The zero-order valence-electron chi connectivity index (χ0n) is 12.7. The van der Waals surface area contributed by atoms with E-state index in [0.29, 0.717) is 0 Å². The Kier molecular flexibility index (Phi) is 5.71. The highest BCUT2D eigenvalue weighted by Crippen LogP contribution is 2.30. The number of fused-ring (bicyclic) bond motifs is 1. The first-order chi connectivity index (χ1) is 10.5. The van der Waals surface area contributed by atoms with Crippen LogP contribution in [0.25, 0.3) is 0 Å². The number of hydrogen-bond acceptors (Lipinski definition) is 2. The highest BCUT2D eigenvalue weighted by molar-refractivity contribution is 5.75. The molecule has 2 amide bonds. The molecule has 0 saturated carbocycles. The van der Waals surface area contributed by atoms with E-state index in [1.165, 1.54) is 5.56 Å². The summed E-state index contributed by atoms with van der Waals surface area (Å²) in [5.41, 5.74) is 3.38. The fourth-order valence-corrected chi connectivity index (χ4v) is 2.87. The number of aliphatic hydroxyl groups excluding tert-OH is 1. The van der Waals surface area contributed by atoms with Crippen molar-refractivity contribution >= 4 is 6.03 Å². The van der Waals surface area contributed by atoms with E-state index in [2.05, 4.69) is 11.4 Å². The monoisotopic (exact) mass is 312 g/mol. The van der Waals surface area contributed by atoms with Gasteiger partial charge in [-0.05, 0) is 37.3 Å².